The summed E-state index contributed by atoms with van der Waals surface area (Å²) < 4.78 is 0. The van der Waals surface area contributed by atoms with Crippen molar-refractivity contribution < 1.29 is 39.6 Å². The number of likely N-dealkylation sites (N-methyl/N-ethyl adjacent to an activating group) is 1. The summed E-state index contributed by atoms with van der Waals surface area (Å²) in [5.74, 6) is -4.40. The van der Waals surface area contributed by atoms with Crippen LogP contribution in [0.4, 0.5) is 0 Å². The van der Waals surface area contributed by atoms with Crippen LogP contribution >= 0.6 is 0 Å². The van der Waals surface area contributed by atoms with Gasteiger partial charge in [-0.2, -0.15) is 0 Å². The molecule has 0 heterocycles. The summed E-state index contributed by atoms with van der Waals surface area (Å²) in [4.78, 5) is 48.2. The van der Waals surface area contributed by atoms with Crippen LogP contribution in [0, 0.1) is 0 Å². The number of carboxylic acids is 4. The van der Waals surface area contributed by atoms with Crippen molar-refractivity contribution >= 4 is 23.9 Å². The molecule has 0 aromatic carbocycles. The van der Waals surface area contributed by atoms with Crippen LogP contribution in [-0.4, -0.2) is 118 Å². The fraction of sp³-hybridized carbons (Fsp3) is 0.733. The molecular formula is C15H27N3O8. The van der Waals surface area contributed by atoms with Gasteiger partial charge in [0.15, 0.2) is 0 Å². The molecule has 0 aromatic rings. The Balaban J connectivity index is 4.96. The molecule has 0 radical (unpaired) electrons. The smallest absolute Gasteiger partial charge is 0.320 e. The molecule has 11 heteroatoms. The lowest BCUT2D eigenvalue weighted by Crippen LogP contribution is -2.48. The second kappa shape index (κ2) is 12.2. The highest BCUT2D eigenvalue weighted by Crippen LogP contribution is 2.06. The predicted molar refractivity (Wildman–Crippen MR) is 90.1 cm³/mol. The number of carbonyl (C=O) groups is 4. The summed E-state index contributed by atoms with van der Waals surface area (Å²) in [5.41, 5.74) is 0. The zero-order chi connectivity index (χ0) is 20.3. The van der Waals surface area contributed by atoms with Crippen LogP contribution in [0.2, 0.25) is 0 Å². The molecule has 0 aliphatic heterocycles. The van der Waals surface area contributed by atoms with Gasteiger partial charge in [0.1, 0.15) is 6.04 Å². The van der Waals surface area contributed by atoms with Crippen LogP contribution in [0.15, 0.2) is 0 Å². The number of hydrogen-bond donors (Lipinski definition) is 4. The second-order valence-electron chi connectivity index (χ2n) is 5.93. The average Bonchev–Trinajstić information content (AvgIpc) is 2.47. The van der Waals surface area contributed by atoms with E-state index in [4.69, 9.17) is 15.3 Å². The maximum Gasteiger partial charge on any atom is 0.320 e. The van der Waals surface area contributed by atoms with Crippen LogP contribution in [0.3, 0.4) is 0 Å². The zero-order valence-electron chi connectivity index (χ0n) is 15.0. The Labute approximate surface area is 151 Å². The summed E-state index contributed by atoms with van der Waals surface area (Å²) in [5, 5.41) is 35.9. The first-order chi connectivity index (χ1) is 12.1. The van der Waals surface area contributed by atoms with E-state index < -0.39 is 43.0 Å². The third-order valence-electron chi connectivity index (χ3n) is 3.71. The lowest BCUT2D eigenvalue weighted by Gasteiger charge is -2.31. The van der Waals surface area contributed by atoms with Gasteiger partial charge in [-0.3, -0.25) is 33.9 Å². The Hall–Kier alpha value is -2.24. The van der Waals surface area contributed by atoms with E-state index in [0.717, 1.165) is 0 Å². The minimum absolute atomic E-state index is 0.0605. The van der Waals surface area contributed by atoms with Crippen LogP contribution in [0.1, 0.15) is 13.3 Å². The molecule has 4 N–H and O–H groups in total. The van der Waals surface area contributed by atoms with Gasteiger partial charge in [0.25, 0.3) is 0 Å². The van der Waals surface area contributed by atoms with E-state index in [0.29, 0.717) is 13.0 Å². The van der Waals surface area contributed by atoms with Crippen molar-refractivity contribution in [3.05, 3.63) is 0 Å². The van der Waals surface area contributed by atoms with Crippen molar-refractivity contribution in [2.24, 2.45) is 0 Å². The SMILES string of the molecule is CCC(C(=O)O)N(CCN(C)CC(=O)O)CCN(CC(=O)O)CC(=O)O. The van der Waals surface area contributed by atoms with E-state index in [-0.39, 0.29) is 26.2 Å². The van der Waals surface area contributed by atoms with Gasteiger partial charge in [-0.25, -0.2) is 0 Å². The summed E-state index contributed by atoms with van der Waals surface area (Å²) in [6.45, 7) is 1.32. The molecule has 0 spiro atoms. The Kier molecular flexibility index (Phi) is 11.1. The molecule has 0 aliphatic rings. The molecule has 26 heavy (non-hydrogen) atoms. The minimum Gasteiger partial charge on any atom is -0.480 e. The highest BCUT2D eigenvalue weighted by molar-refractivity contribution is 5.73. The molecule has 0 saturated carbocycles. The van der Waals surface area contributed by atoms with Crippen molar-refractivity contribution in [2.45, 2.75) is 19.4 Å². The Morgan fingerprint density at radius 2 is 1.23 bits per heavy atom. The molecule has 0 aliphatic carbocycles. The average molecular weight is 377 g/mol. The molecule has 150 valence electrons. The molecule has 0 aromatic heterocycles. The van der Waals surface area contributed by atoms with E-state index in [1.54, 1.807) is 18.9 Å². The van der Waals surface area contributed by atoms with Crippen LogP contribution < -0.4 is 0 Å². The van der Waals surface area contributed by atoms with E-state index >= 15 is 0 Å². The third kappa shape index (κ3) is 10.6. The molecular weight excluding hydrogens is 350 g/mol. The number of hydrogen-bond acceptors (Lipinski definition) is 7. The zero-order valence-corrected chi connectivity index (χ0v) is 15.0. The molecule has 0 fully saturated rings. The van der Waals surface area contributed by atoms with Gasteiger partial charge < -0.3 is 20.4 Å². The van der Waals surface area contributed by atoms with E-state index in [2.05, 4.69) is 0 Å². The maximum absolute atomic E-state index is 11.4. The first-order valence-corrected chi connectivity index (χ1v) is 8.09. The lowest BCUT2D eigenvalue weighted by atomic mass is 10.2. The van der Waals surface area contributed by atoms with Gasteiger partial charge in [0.05, 0.1) is 19.6 Å². The molecule has 0 saturated heterocycles. The Bertz CT molecular complexity index is 483. The van der Waals surface area contributed by atoms with Crippen molar-refractivity contribution in [1.82, 2.24) is 14.7 Å². The first-order valence-electron chi connectivity index (χ1n) is 8.09. The van der Waals surface area contributed by atoms with Crippen molar-refractivity contribution in [3.63, 3.8) is 0 Å². The van der Waals surface area contributed by atoms with Crippen LogP contribution in [0.25, 0.3) is 0 Å². The van der Waals surface area contributed by atoms with E-state index in [1.165, 1.54) is 9.80 Å². The predicted octanol–water partition coefficient (Wildman–Crippen LogP) is -1.36. The summed E-state index contributed by atoms with van der Waals surface area (Å²) >= 11 is 0. The standard InChI is InChI=1S/C15H27N3O8/c1-3-11(15(25)26)18(6-4-16(2)8-12(19)20)7-5-17(9-13(21)22)10-14(23)24/h11H,3-10H2,1-2H3,(H,19,20)(H,21,22)(H,23,24)(H,25,26). The molecule has 0 rings (SSSR count). The van der Waals surface area contributed by atoms with Crippen LogP contribution in [0.5, 0.6) is 0 Å². The Morgan fingerprint density at radius 1 is 0.769 bits per heavy atom. The molecule has 1 atom stereocenters. The molecule has 0 amide bonds. The topological polar surface area (TPSA) is 159 Å². The number of nitrogens with zero attached hydrogens (tertiary/aromatic N) is 3. The second-order valence-corrected chi connectivity index (χ2v) is 5.93. The fourth-order valence-electron chi connectivity index (χ4n) is 2.49. The number of rotatable bonds is 15. The van der Waals surface area contributed by atoms with E-state index in [9.17, 15) is 24.3 Å². The van der Waals surface area contributed by atoms with Gasteiger partial charge in [0.2, 0.25) is 0 Å². The van der Waals surface area contributed by atoms with Gasteiger partial charge in [0, 0.05) is 26.2 Å². The molecule has 1 unspecified atom stereocenters. The Morgan fingerprint density at radius 3 is 1.62 bits per heavy atom. The molecule has 11 nitrogen and oxygen atoms in total. The molecule has 0 bridgehead atoms. The van der Waals surface area contributed by atoms with Gasteiger partial charge >= 0.3 is 23.9 Å². The first kappa shape index (κ1) is 23.8. The number of carboxylic acid groups (broad SMARTS) is 4. The van der Waals surface area contributed by atoms with Gasteiger partial charge in [-0.1, -0.05) is 6.92 Å². The van der Waals surface area contributed by atoms with E-state index in [1.807, 2.05) is 0 Å². The van der Waals surface area contributed by atoms with Gasteiger partial charge in [-0.05, 0) is 13.5 Å². The third-order valence-corrected chi connectivity index (χ3v) is 3.71. The fourth-order valence-corrected chi connectivity index (χ4v) is 2.49. The minimum atomic E-state index is -1.18. The van der Waals surface area contributed by atoms with Crippen molar-refractivity contribution in [3.8, 4) is 0 Å². The monoisotopic (exact) mass is 377 g/mol. The number of aliphatic carboxylic acids is 4. The van der Waals surface area contributed by atoms with Gasteiger partial charge in [-0.15, -0.1) is 0 Å². The summed E-state index contributed by atoms with van der Waals surface area (Å²) in [6.07, 6.45) is 0.301. The maximum atomic E-state index is 11.4. The van der Waals surface area contributed by atoms with Crippen molar-refractivity contribution in [1.29, 1.82) is 0 Å². The van der Waals surface area contributed by atoms with Crippen LogP contribution in [-0.2, 0) is 19.2 Å². The van der Waals surface area contributed by atoms with Crippen molar-refractivity contribution in [2.75, 3.05) is 52.9 Å². The lowest BCUT2D eigenvalue weighted by molar-refractivity contribution is -0.145. The summed E-state index contributed by atoms with van der Waals surface area (Å²) in [7, 11) is 1.59. The highest BCUT2D eigenvalue weighted by atomic mass is 16.4. The normalized spacial score (nSPS) is 12.5. The highest BCUT2D eigenvalue weighted by Gasteiger charge is 2.25. The largest absolute Gasteiger partial charge is 0.480 e. The summed E-state index contributed by atoms with van der Waals surface area (Å²) in [6, 6.07) is -0.829. The quantitative estimate of drug-likeness (QED) is 0.267.